The Kier molecular flexibility index (Phi) is 6.38. The fourth-order valence-corrected chi connectivity index (χ4v) is 2.68. The first-order chi connectivity index (χ1) is 11.6. The van der Waals surface area contributed by atoms with Crippen LogP contribution in [0.2, 0.25) is 0 Å². The van der Waals surface area contributed by atoms with Crippen molar-refractivity contribution >= 4 is 5.91 Å². The highest BCUT2D eigenvalue weighted by molar-refractivity contribution is 5.75. The summed E-state index contributed by atoms with van der Waals surface area (Å²) in [6.45, 7) is 2.89. The largest absolute Gasteiger partial charge is 0.496 e. The zero-order valence-electron chi connectivity index (χ0n) is 14.9. The van der Waals surface area contributed by atoms with Crippen molar-refractivity contribution < 1.29 is 9.53 Å². The number of hydrogen-bond donors (Lipinski definition) is 1. The number of benzene rings is 2. The van der Waals surface area contributed by atoms with E-state index < -0.39 is 0 Å². The third-order valence-electron chi connectivity index (χ3n) is 4.44. The minimum Gasteiger partial charge on any atom is -0.496 e. The van der Waals surface area contributed by atoms with E-state index in [0.29, 0.717) is 6.42 Å². The summed E-state index contributed by atoms with van der Waals surface area (Å²) in [7, 11) is 5.40. The topological polar surface area (TPSA) is 41.6 Å². The molecule has 0 saturated heterocycles. The number of nitrogens with zero attached hydrogens (tertiary/aromatic N) is 1. The van der Waals surface area contributed by atoms with Gasteiger partial charge in [0.25, 0.3) is 0 Å². The molecule has 1 atom stereocenters. The van der Waals surface area contributed by atoms with Crippen LogP contribution in [0.5, 0.6) is 5.75 Å². The van der Waals surface area contributed by atoms with E-state index >= 15 is 0 Å². The van der Waals surface area contributed by atoms with Gasteiger partial charge in [-0.2, -0.15) is 0 Å². The molecule has 24 heavy (non-hydrogen) atoms. The number of hydrogen-bond acceptors (Lipinski definition) is 3. The van der Waals surface area contributed by atoms with Gasteiger partial charge in [-0.25, -0.2) is 0 Å². The van der Waals surface area contributed by atoms with Gasteiger partial charge < -0.3 is 10.1 Å². The summed E-state index contributed by atoms with van der Waals surface area (Å²) < 4.78 is 5.43. The highest BCUT2D eigenvalue weighted by Gasteiger charge is 2.13. The number of carbonyl (C=O) groups is 1. The van der Waals surface area contributed by atoms with Crippen LogP contribution in [0.25, 0.3) is 11.1 Å². The van der Waals surface area contributed by atoms with Crippen molar-refractivity contribution in [3.05, 3.63) is 54.1 Å². The molecule has 0 aliphatic rings. The molecule has 0 fully saturated rings. The third kappa shape index (κ3) is 4.36. The maximum atomic E-state index is 11.4. The first-order valence-corrected chi connectivity index (χ1v) is 8.21. The summed E-state index contributed by atoms with van der Waals surface area (Å²) in [5.74, 6) is 0.946. The summed E-state index contributed by atoms with van der Waals surface area (Å²) in [6.07, 6.45) is 0.511. The smallest absolute Gasteiger partial charge is 0.221 e. The highest BCUT2D eigenvalue weighted by Crippen LogP contribution is 2.30. The van der Waals surface area contributed by atoms with Gasteiger partial charge in [-0.1, -0.05) is 42.5 Å². The lowest BCUT2D eigenvalue weighted by Crippen LogP contribution is -2.28. The first-order valence-electron chi connectivity index (χ1n) is 8.21. The Bertz CT molecular complexity index is 668. The Hall–Kier alpha value is -2.33. The van der Waals surface area contributed by atoms with Crippen LogP contribution < -0.4 is 10.1 Å². The van der Waals surface area contributed by atoms with Crippen molar-refractivity contribution in [3.63, 3.8) is 0 Å². The van der Waals surface area contributed by atoms with E-state index in [0.717, 1.165) is 23.4 Å². The molecule has 2 aromatic carbocycles. The molecule has 2 rings (SSSR count). The number of rotatable bonds is 7. The molecule has 0 heterocycles. The predicted molar refractivity (Wildman–Crippen MR) is 98.2 cm³/mol. The van der Waals surface area contributed by atoms with Crippen LogP contribution in [0.3, 0.4) is 0 Å². The molecule has 1 N–H and O–H groups in total. The van der Waals surface area contributed by atoms with Crippen molar-refractivity contribution in [2.75, 3.05) is 27.7 Å². The zero-order valence-corrected chi connectivity index (χ0v) is 14.9. The summed E-state index contributed by atoms with van der Waals surface area (Å²) in [5, 5.41) is 2.66. The number of para-hydroxylation sites is 1. The third-order valence-corrected chi connectivity index (χ3v) is 4.44. The van der Waals surface area contributed by atoms with E-state index in [4.69, 9.17) is 4.74 Å². The van der Waals surface area contributed by atoms with Gasteiger partial charge in [0.1, 0.15) is 5.75 Å². The van der Waals surface area contributed by atoms with Gasteiger partial charge in [0.15, 0.2) is 0 Å². The van der Waals surface area contributed by atoms with Gasteiger partial charge in [0.2, 0.25) is 5.91 Å². The molecule has 4 heteroatoms. The van der Waals surface area contributed by atoms with Crippen LogP contribution in [0.15, 0.2) is 48.5 Å². The van der Waals surface area contributed by atoms with E-state index in [1.165, 1.54) is 5.56 Å². The normalized spacial score (nSPS) is 12.0. The predicted octanol–water partition coefficient (Wildman–Crippen LogP) is 3.49. The molecule has 2 aromatic rings. The first kappa shape index (κ1) is 18.0. The minimum absolute atomic E-state index is 0.0700. The number of methoxy groups -OCH3 is 1. The van der Waals surface area contributed by atoms with Gasteiger partial charge in [-0.3, -0.25) is 9.69 Å². The Labute approximate surface area is 144 Å². The second kappa shape index (κ2) is 8.50. The van der Waals surface area contributed by atoms with E-state index in [1.807, 2.05) is 25.2 Å². The Morgan fingerprint density at radius 3 is 2.46 bits per heavy atom. The summed E-state index contributed by atoms with van der Waals surface area (Å²) in [5.41, 5.74) is 3.46. The van der Waals surface area contributed by atoms with E-state index in [9.17, 15) is 4.79 Å². The van der Waals surface area contributed by atoms with Crippen LogP contribution in [0.4, 0.5) is 0 Å². The molecular weight excluding hydrogens is 300 g/mol. The SMILES string of the molecule is CNC(=O)CCN(C)[C@@H](C)c1ccc(-c2ccccc2OC)cc1. The molecule has 0 unspecified atom stereocenters. The van der Waals surface area contributed by atoms with Gasteiger partial charge in [-0.05, 0) is 31.2 Å². The molecule has 1 amide bonds. The molecule has 0 radical (unpaired) electrons. The molecule has 0 bridgehead atoms. The monoisotopic (exact) mass is 326 g/mol. The van der Waals surface area contributed by atoms with Crippen LogP contribution in [0.1, 0.15) is 24.9 Å². The molecule has 128 valence electrons. The van der Waals surface area contributed by atoms with Gasteiger partial charge in [0.05, 0.1) is 7.11 Å². The molecule has 0 aliphatic heterocycles. The lowest BCUT2D eigenvalue weighted by Gasteiger charge is -2.25. The van der Waals surface area contributed by atoms with Crippen molar-refractivity contribution in [1.82, 2.24) is 10.2 Å². The number of ether oxygens (including phenoxy) is 1. The number of amides is 1. The van der Waals surface area contributed by atoms with Crippen molar-refractivity contribution in [1.29, 1.82) is 0 Å². The standard InChI is InChI=1S/C20H26N2O2/c1-15(22(3)14-13-20(23)21-2)16-9-11-17(12-10-16)18-7-5-6-8-19(18)24-4/h5-12,15H,13-14H2,1-4H3,(H,21,23)/t15-/m0/s1. The maximum absolute atomic E-state index is 11.4. The maximum Gasteiger partial charge on any atom is 0.221 e. The lowest BCUT2D eigenvalue weighted by molar-refractivity contribution is -0.120. The van der Waals surface area contributed by atoms with Crippen molar-refractivity contribution in [3.8, 4) is 16.9 Å². The minimum atomic E-state index is 0.0700. The Morgan fingerprint density at radius 2 is 1.83 bits per heavy atom. The average molecular weight is 326 g/mol. The summed E-state index contributed by atoms with van der Waals surface area (Å²) in [6, 6.07) is 16.8. The molecular formula is C20H26N2O2. The zero-order chi connectivity index (χ0) is 17.5. The number of nitrogens with one attached hydrogen (secondary N) is 1. The van der Waals surface area contributed by atoms with Crippen LogP contribution in [-0.2, 0) is 4.79 Å². The van der Waals surface area contributed by atoms with Gasteiger partial charge >= 0.3 is 0 Å². The average Bonchev–Trinajstić information content (AvgIpc) is 2.65. The lowest BCUT2D eigenvalue weighted by atomic mass is 10.00. The van der Waals surface area contributed by atoms with E-state index in [1.54, 1.807) is 14.2 Å². The van der Waals surface area contributed by atoms with Gasteiger partial charge in [0, 0.05) is 31.6 Å². The summed E-state index contributed by atoms with van der Waals surface area (Å²) in [4.78, 5) is 13.6. The van der Waals surface area contributed by atoms with E-state index in [2.05, 4.69) is 47.5 Å². The molecule has 0 saturated carbocycles. The molecule has 0 aromatic heterocycles. The fourth-order valence-electron chi connectivity index (χ4n) is 2.68. The Morgan fingerprint density at radius 1 is 1.17 bits per heavy atom. The molecule has 4 nitrogen and oxygen atoms in total. The highest BCUT2D eigenvalue weighted by atomic mass is 16.5. The number of carbonyl (C=O) groups excluding carboxylic acids is 1. The molecule has 0 aliphatic carbocycles. The quantitative estimate of drug-likeness (QED) is 0.847. The van der Waals surface area contributed by atoms with Gasteiger partial charge in [-0.15, -0.1) is 0 Å². The Balaban J connectivity index is 2.09. The second-order valence-corrected chi connectivity index (χ2v) is 5.90. The fraction of sp³-hybridized carbons (Fsp3) is 0.350. The van der Waals surface area contributed by atoms with Crippen molar-refractivity contribution in [2.24, 2.45) is 0 Å². The molecule has 0 spiro atoms. The van der Waals surface area contributed by atoms with Crippen LogP contribution >= 0.6 is 0 Å². The second-order valence-electron chi connectivity index (χ2n) is 5.90. The van der Waals surface area contributed by atoms with Crippen LogP contribution in [-0.4, -0.2) is 38.6 Å². The summed E-state index contributed by atoms with van der Waals surface area (Å²) >= 11 is 0. The van der Waals surface area contributed by atoms with Crippen LogP contribution in [0, 0.1) is 0 Å². The van der Waals surface area contributed by atoms with Crippen molar-refractivity contribution in [2.45, 2.75) is 19.4 Å². The van der Waals surface area contributed by atoms with E-state index in [-0.39, 0.29) is 11.9 Å².